The lowest BCUT2D eigenvalue weighted by atomic mass is 10.0. The molecular formula is C14H15ClN4O2. The number of aromatic nitrogens is 3. The zero-order chi connectivity index (χ0) is 14.8. The Labute approximate surface area is 126 Å². The molecule has 1 aromatic carbocycles. The molecule has 0 saturated carbocycles. The van der Waals surface area contributed by atoms with Crippen molar-refractivity contribution in [1.29, 1.82) is 0 Å². The second kappa shape index (κ2) is 5.81. The molecule has 1 aliphatic rings. The average Bonchev–Trinajstić information content (AvgIpc) is 2.67. The van der Waals surface area contributed by atoms with Crippen LogP contribution >= 0.6 is 11.6 Å². The quantitative estimate of drug-likeness (QED) is 0.909. The number of fused-ring (bicyclic) bond motifs is 1. The van der Waals surface area contributed by atoms with Crippen molar-refractivity contribution < 1.29 is 4.79 Å². The minimum atomic E-state index is -0.166. The Morgan fingerprint density at radius 2 is 2.19 bits per heavy atom. The molecule has 110 valence electrons. The highest BCUT2D eigenvalue weighted by atomic mass is 35.5. The Hall–Kier alpha value is -1.95. The molecule has 3 rings (SSSR count). The summed E-state index contributed by atoms with van der Waals surface area (Å²) < 4.78 is 1.39. The van der Waals surface area contributed by atoms with Crippen LogP contribution in [0.25, 0.3) is 10.9 Å². The fourth-order valence-corrected chi connectivity index (χ4v) is 2.75. The van der Waals surface area contributed by atoms with Gasteiger partial charge in [-0.05, 0) is 37.0 Å². The number of carbonyl (C=O) groups is 1. The molecule has 6 nitrogen and oxygen atoms in total. The standard InChI is InChI=1S/C14H15ClN4O2/c15-10-2-3-11-12(7-10)17-18-19(14(11)21)8-9-1-4-13(20)16-6-5-9/h2-3,7,9H,1,4-6,8H2,(H,16,20)/t9-/m0/s1. The topological polar surface area (TPSA) is 76.9 Å². The molecular weight excluding hydrogens is 292 g/mol. The Morgan fingerprint density at radius 1 is 1.33 bits per heavy atom. The van der Waals surface area contributed by atoms with Crippen LogP contribution < -0.4 is 10.9 Å². The van der Waals surface area contributed by atoms with E-state index < -0.39 is 0 Å². The number of nitrogens with zero attached hydrogens (tertiary/aromatic N) is 3. The van der Waals surface area contributed by atoms with E-state index in [1.165, 1.54) is 4.68 Å². The maximum Gasteiger partial charge on any atom is 0.277 e. The summed E-state index contributed by atoms with van der Waals surface area (Å²) in [6, 6.07) is 4.97. The third-order valence-electron chi connectivity index (χ3n) is 3.77. The van der Waals surface area contributed by atoms with Gasteiger partial charge in [-0.25, -0.2) is 4.68 Å². The summed E-state index contributed by atoms with van der Waals surface area (Å²) in [6.45, 7) is 1.13. The van der Waals surface area contributed by atoms with Crippen molar-refractivity contribution in [3.63, 3.8) is 0 Å². The van der Waals surface area contributed by atoms with Gasteiger partial charge in [-0.1, -0.05) is 16.8 Å². The van der Waals surface area contributed by atoms with Gasteiger partial charge in [0, 0.05) is 24.5 Å². The fraction of sp³-hybridized carbons (Fsp3) is 0.429. The van der Waals surface area contributed by atoms with E-state index in [0.29, 0.717) is 35.4 Å². The summed E-state index contributed by atoms with van der Waals surface area (Å²) in [5.41, 5.74) is 0.335. The number of rotatable bonds is 2. The number of halogens is 1. The molecule has 1 amide bonds. The van der Waals surface area contributed by atoms with E-state index in [-0.39, 0.29) is 17.4 Å². The summed E-state index contributed by atoms with van der Waals surface area (Å²) in [7, 11) is 0. The molecule has 2 heterocycles. The van der Waals surface area contributed by atoms with Crippen LogP contribution in [0.2, 0.25) is 5.02 Å². The van der Waals surface area contributed by atoms with Gasteiger partial charge in [-0.15, -0.1) is 5.10 Å². The second-order valence-electron chi connectivity index (χ2n) is 5.28. The summed E-state index contributed by atoms with van der Waals surface area (Å²) in [5.74, 6) is 0.324. The second-order valence-corrected chi connectivity index (χ2v) is 5.72. The van der Waals surface area contributed by atoms with Crippen molar-refractivity contribution in [2.75, 3.05) is 6.54 Å². The summed E-state index contributed by atoms with van der Waals surface area (Å²) in [4.78, 5) is 23.7. The highest BCUT2D eigenvalue weighted by Gasteiger charge is 2.18. The van der Waals surface area contributed by atoms with E-state index in [2.05, 4.69) is 15.6 Å². The van der Waals surface area contributed by atoms with Gasteiger partial charge < -0.3 is 5.32 Å². The van der Waals surface area contributed by atoms with Crippen molar-refractivity contribution in [1.82, 2.24) is 20.3 Å². The van der Waals surface area contributed by atoms with Crippen LogP contribution in [0.15, 0.2) is 23.0 Å². The number of hydrogen-bond acceptors (Lipinski definition) is 4. The predicted molar refractivity (Wildman–Crippen MR) is 79.2 cm³/mol. The molecule has 0 spiro atoms. The van der Waals surface area contributed by atoms with Crippen LogP contribution in [0.5, 0.6) is 0 Å². The number of hydrogen-bond donors (Lipinski definition) is 1. The van der Waals surface area contributed by atoms with Gasteiger partial charge in [0.05, 0.1) is 5.39 Å². The van der Waals surface area contributed by atoms with Gasteiger partial charge in [0.15, 0.2) is 0 Å². The van der Waals surface area contributed by atoms with Gasteiger partial charge in [0.25, 0.3) is 5.56 Å². The van der Waals surface area contributed by atoms with Crippen molar-refractivity contribution in [2.45, 2.75) is 25.8 Å². The Bertz CT molecular complexity index is 743. The first-order valence-electron chi connectivity index (χ1n) is 6.93. The van der Waals surface area contributed by atoms with Gasteiger partial charge >= 0.3 is 0 Å². The number of amides is 1. The molecule has 1 N–H and O–H groups in total. The molecule has 1 saturated heterocycles. The summed E-state index contributed by atoms with van der Waals surface area (Å²) in [6.07, 6.45) is 2.10. The SMILES string of the molecule is O=C1CC[C@H](Cn2nnc3cc(Cl)ccc3c2=O)CCN1. The maximum atomic E-state index is 12.4. The lowest BCUT2D eigenvalue weighted by molar-refractivity contribution is -0.120. The molecule has 0 bridgehead atoms. The van der Waals surface area contributed by atoms with Crippen molar-refractivity contribution in [3.8, 4) is 0 Å². The van der Waals surface area contributed by atoms with E-state index in [9.17, 15) is 9.59 Å². The molecule has 2 aromatic rings. The molecule has 21 heavy (non-hydrogen) atoms. The lowest BCUT2D eigenvalue weighted by Crippen LogP contribution is -2.28. The van der Waals surface area contributed by atoms with E-state index >= 15 is 0 Å². The first-order chi connectivity index (χ1) is 10.1. The molecule has 0 aliphatic carbocycles. The van der Waals surface area contributed by atoms with Crippen LogP contribution in [-0.4, -0.2) is 27.4 Å². The van der Waals surface area contributed by atoms with Crippen LogP contribution in [0.1, 0.15) is 19.3 Å². The third kappa shape index (κ3) is 3.05. The fourth-order valence-electron chi connectivity index (χ4n) is 2.58. The lowest BCUT2D eigenvalue weighted by Gasteiger charge is -2.13. The van der Waals surface area contributed by atoms with E-state index in [1.54, 1.807) is 18.2 Å². The maximum absolute atomic E-state index is 12.4. The minimum Gasteiger partial charge on any atom is -0.356 e. The highest BCUT2D eigenvalue weighted by Crippen LogP contribution is 2.17. The smallest absolute Gasteiger partial charge is 0.277 e. The van der Waals surface area contributed by atoms with Crippen molar-refractivity contribution in [2.24, 2.45) is 5.92 Å². The molecule has 7 heteroatoms. The minimum absolute atomic E-state index is 0.0732. The van der Waals surface area contributed by atoms with Crippen LogP contribution in [0, 0.1) is 5.92 Å². The first-order valence-corrected chi connectivity index (χ1v) is 7.31. The van der Waals surface area contributed by atoms with Gasteiger partial charge in [-0.2, -0.15) is 0 Å². The zero-order valence-electron chi connectivity index (χ0n) is 11.4. The zero-order valence-corrected chi connectivity index (χ0v) is 12.1. The highest BCUT2D eigenvalue weighted by molar-refractivity contribution is 6.31. The average molecular weight is 307 g/mol. The Morgan fingerprint density at radius 3 is 3.05 bits per heavy atom. The monoisotopic (exact) mass is 306 g/mol. The van der Waals surface area contributed by atoms with Crippen molar-refractivity contribution >= 4 is 28.4 Å². The molecule has 1 aromatic heterocycles. The van der Waals surface area contributed by atoms with Crippen molar-refractivity contribution in [3.05, 3.63) is 33.6 Å². The third-order valence-corrected chi connectivity index (χ3v) is 4.01. The van der Waals surface area contributed by atoms with Crippen LogP contribution in [0.4, 0.5) is 0 Å². The molecule has 0 unspecified atom stereocenters. The molecule has 1 atom stereocenters. The predicted octanol–water partition coefficient (Wildman–Crippen LogP) is 1.36. The molecule has 0 radical (unpaired) electrons. The summed E-state index contributed by atoms with van der Waals surface area (Å²) in [5, 5.41) is 11.9. The van der Waals surface area contributed by atoms with Crippen LogP contribution in [-0.2, 0) is 11.3 Å². The van der Waals surface area contributed by atoms with Gasteiger partial charge in [0.2, 0.25) is 5.91 Å². The first kappa shape index (κ1) is 14.0. The van der Waals surface area contributed by atoms with E-state index in [0.717, 1.165) is 12.8 Å². The van der Waals surface area contributed by atoms with Gasteiger partial charge in [-0.3, -0.25) is 9.59 Å². The Balaban J connectivity index is 1.87. The number of carbonyl (C=O) groups excluding carboxylic acids is 1. The van der Waals surface area contributed by atoms with E-state index in [4.69, 9.17) is 11.6 Å². The van der Waals surface area contributed by atoms with Gasteiger partial charge in [0.1, 0.15) is 5.52 Å². The van der Waals surface area contributed by atoms with E-state index in [1.807, 2.05) is 0 Å². The summed E-state index contributed by atoms with van der Waals surface area (Å²) >= 11 is 5.88. The Kier molecular flexibility index (Phi) is 3.88. The molecule has 1 fully saturated rings. The largest absolute Gasteiger partial charge is 0.356 e. The normalized spacial score (nSPS) is 19.3. The number of nitrogens with one attached hydrogen (secondary N) is 1. The number of benzene rings is 1. The molecule has 1 aliphatic heterocycles. The van der Waals surface area contributed by atoms with Crippen LogP contribution in [0.3, 0.4) is 0 Å².